The van der Waals surface area contributed by atoms with Crippen molar-refractivity contribution in [1.29, 1.82) is 0 Å². The van der Waals surface area contributed by atoms with Crippen molar-refractivity contribution in [3.05, 3.63) is 241 Å². The van der Waals surface area contributed by atoms with Crippen molar-refractivity contribution in [3.8, 4) is 22.6 Å². The van der Waals surface area contributed by atoms with Crippen molar-refractivity contribution < 1.29 is 45.6 Å². The van der Waals surface area contributed by atoms with E-state index in [4.69, 9.17) is 9.47 Å². The number of para-hydroxylation sites is 1. The number of ether oxygens (including phenoxy) is 2. The number of aromatic hydroxyl groups is 1. The molecule has 0 amide bonds. The Morgan fingerprint density at radius 2 is 1.06 bits per heavy atom. The van der Waals surface area contributed by atoms with E-state index in [-0.39, 0.29) is 44.1 Å². The molecule has 0 atom stereocenters. The van der Waals surface area contributed by atoms with Gasteiger partial charge in [0.1, 0.15) is 23.7 Å². The molecule has 0 saturated heterocycles. The maximum absolute atomic E-state index is 13.0. The first kappa shape index (κ1) is 53.2. The van der Waals surface area contributed by atoms with Crippen molar-refractivity contribution in [2.75, 3.05) is 25.1 Å². The van der Waals surface area contributed by atoms with E-state index < -0.39 is 5.97 Å². The van der Waals surface area contributed by atoms with Crippen LogP contribution in [0.1, 0.15) is 101 Å². The topological polar surface area (TPSA) is 59.0 Å². The number of hydrogen-bond acceptors (Lipinski definition) is 5. The van der Waals surface area contributed by atoms with Crippen LogP contribution in [0, 0.1) is 34.6 Å². The van der Waals surface area contributed by atoms with Gasteiger partial charge in [0.2, 0.25) is 0 Å². The van der Waals surface area contributed by atoms with Crippen molar-refractivity contribution in [3.63, 3.8) is 0 Å². The summed E-state index contributed by atoms with van der Waals surface area (Å²) in [4.78, 5) is 15.4. The molecule has 0 aromatic heterocycles. The molecule has 0 heterocycles. The van der Waals surface area contributed by atoms with Gasteiger partial charge in [0.05, 0.1) is 6.61 Å². The maximum atomic E-state index is 13.0. The molecule has 6 heteroatoms. The summed E-state index contributed by atoms with van der Waals surface area (Å²) in [6.45, 7) is 25.5. The van der Waals surface area contributed by atoms with Gasteiger partial charge in [-0.05, 0) is 78.6 Å². The van der Waals surface area contributed by atoms with E-state index in [0.717, 1.165) is 51.9 Å². The average molecular weight is 944 g/mol. The van der Waals surface area contributed by atoms with Crippen molar-refractivity contribution in [2.24, 2.45) is 0 Å². The summed E-state index contributed by atoms with van der Waals surface area (Å²) < 4.78 is 11.9. The zero-order valence-corrected chi connectivity index (χ0v) is 41.8. The molecule has 0 aliphatic rings. The van der Waals surface area contributed by atoms with E-state index in [1.165, 1.54) is 16.8 Å². The van der Waals surface area contributed by atoms with Crippen LogP contribution < -0.4 is 9.64 Å². The first-order valence-electron chi connectivity index (χ1n) is 22.0. The molecule has 0 saturated carbocycles. The maximum Gasteiger partial charge on any atom is 4.00 e. The smallest absolute Gasteiger partial charge is 0.506 e. The summed E-state index contributed by atoms with van der Waals surface area (Å²) in [7, 11) is 2.16. The van der Waals surface area contributed by atoms with Gasteiger partial charge < -0.3 is 19.5 Å². The first-order chi connectivity index (χ1) is 30.7. The van der Waals surface area contributed by atoms with E-state index in [1.54, 1.807) is 6.07 Å². The van der Waals surface area contributed by atoms with Crippen molar-refractivity contribution in [2.45, 2.75) is 66.4 Å². The van der Waals surface area contributed by atoms with Gasteiger partial charge in [-0.1, -0.05) is 106 Å². The normalized spacial score (nSPS) is 10.2. The summed E-state index contributed by atoms with van der Waals surface area (Å²) >= 11 is 0. The Morgan fingerprint density at radius 1 is 0.600 bits per heavy atom. The number of carbonyl (C=O) groups excluding carboxylic acids is 1. The van der Waals surface area contributed by atoms with Gasteiger partial charge in [-0.2, -0.15) is 73.9 Å². The molecule has 0 aliphatic heterocycles. The molecule has 7 aromatic rings. The van der Waals surface area contributed by atoms with Crippen LogP contribution in [0.25, 0.3) is 11.1 Å². The third-order valence-electron chi connectivity index (χ3n) is 10.3. The van der Waals surface area contributed by atoms with Gasteiger partial charge in [-0.3, -0.25) is 0 Å². The molecule has 0 fully saturated rings. The van der Waals surface area contributed by atoms with E-state index in [2.05, 4.69) is 78.6 Å². The molecule has 0 aliphatic carbocycles. The fraction of sp³-hybridized carbons (Fsp3) is 0.220. The number of carbonyl (C=O) groups is 1. The Hall–Kier alpha value is -6.10. The summed E-state index contributed by atoms with van der Waals surface area (Å²) in [5.74, 6) is 0.871. The van der Waals surface area contributed by atoms with Gasteiger partial charge >= 0.3 is 32.2 Å². The third-order valence-corrected chi connectivity index (χ3v) is 10.3. The molecule has 1 N–H and O–H groups in total. The molecule has 7 aromatic carbocycles. The molecular weight excluding hydrogens is 878 g/mol. The predicted octanol–water partition coefficient (Wildman–Crippen LogP) is 14.8. The summed E-state index contributed by atoms with van der Waals surface area (Å²) in [5.41, 5.74) is 11.5. The molecule has 0 bridgehead atoms. The molecule has 7 rings (SSSR count). The summed E-state index contributed by atoms with van der Waals surface area (Å²) in [6.07, 6.45) is 0.824. The zero-order chi connectivity index (χ0) is 46.4. The van der Waals surface area contributed by atoms with E-state index in [9.17, 15) is 9.90 Å². The van der Waals surface area contributed by atoms with Crippen LogP contribution in [0.15, 0.2) is 170 Å². The monoisotopic (exact) mass is 942 g/mol. The number of anilines is 1. The molecule has 0 spiro atoms. The Morgan fingerprint density at radius 3 is 1.51 bits per heavy atom. The number of aryl methyl sites for hydroxylation is 2. The second-order valence-electron chi connectivity index (χ2n) is 16.4. The third kappa shape index (κ3) is 17.8. The molecule has 0 unspecified atom stereocenters. The zero-order valence-electron chi connectivity index (χ0n) is 39.4. The van der Waals surface area contributed by atoms with E-state index in [1.807, 2.05) is 159 Å². The second kappa shape index (κ2) is 27.9. The Kier molecular flexibility index (Phi) is 22.9. The minimum Gasteiger partial charge on any atom is -0.506 e. The van der Waals surface area contributed by atoms with E-state index in [0.29, 0.717) is 29.8 Å². The standard InChI is InChI=1S/C38H45NO4.3C7H7.Zr/c1-25(2)30-15-11-16-31(26(3)4)36(30)39(7)19-12-20-42-35-18-17-27(5)21-32(35)33-22-28(6)23-34(37(33)40)38(41)43-24-29-13-9-8-10-14-29;3*1-7-5-3-2-4-6-7;/h8-11,13-18,21-23,25-26,40H,12,19-20,24H2,1-7H3;3*2-6H,1H2;/q;3*-1;+4. The van der Waals surface area contributed by atoms with Crippen LogP contribution in [0.4, 0.5) is 5.69 Å². The fourth-order valence-electron chi connectivity index (χ4n) is 6.90. The number of nitrogens with zero attached hydrogens (tertiary/aromatic N) is 1. The number of benzene rings is 7. The molecular formula is C59H66NO4Zr+. The Balaban J connectivity index is 0.000000411. The SMILES string of the molecule is Cc1ccc(OCCCN(C)c2c(C(C)C)cccc2C(C)C)c(-c2cc(C)cc(C(=O)OCc3ccccc3)c2O)c1.[CH2-]c1ccccc1.[CH2-]c1ccccc1.[CH2-]c1ccccc1.[Zr+4]. The van der Waals surface area contributed by atoms with Crippen LogP contribution in [0.3, 0.4) is 0 Å². The Bertz CT molecular complexity index is 2320. The quantitative estimate of drug-likeness (QED) is 0.0751. The number of phenols is 1. The van der Waals surface area contributed by atoms with Crippen LogP contribution >= 0.6 is 0 Å². The van der Waals surface area contributed by atoms with Crippen LogP contribution in [-0.4, -0.2) is 31.3 Å². The second-order valence-corrected chi connectivity index (χ2v) is 16.4. The van der Waals surface area contributed by atoms with Gasteiger partial charge in [-0.15, -0.1) is 36.4 Å². The van der Waals surface area contributed by atoms with Crippen LogP contribution in [-0.2, 0) is 37.5 Å². The molecule has 5 nitrogen and oxygen atoms in total. The number of hydrogen-bond donors (Lipinski definition) is 1. The number of phenolic OH excluding ortho intramolecular Hbond substituents is 1. The minimum absolute atomic E-state index is 0. The van der Waals surface area contributed by atoms with Crippen LogP contribution in [0.5, 0.6) is 11.5 Å². The van der Waals surface area contributed by atoms with Crippen molar-refractivity contribution in [1.82, 2.24) is 0 Å². The largest absolute Gasteiger partial charge is 4.00 e. The summed E-state index contributed by atoms with van der Waals surface area (Å²) in [5, 5.41) is 11.3. The summed E-state index contributed by atoms with van der Waals surface area (Å²) in [6, 6.07) is 55.2. The average Bonchev–Trinajstić information content (AvgIpc) is 3.29. The van der Waals surface area contributed by atoms with Crippen LogP contribution in [0.2, 0.25) is 0 Å². The molecule has 0 radical (unpaired) electrons. The van der Waals surface area contributed by atoms with Gasteiger partial charge in [0.15, 0.2) is 0 Å². The predicted molar refractivity (Wildman–Crippen MR) is 269 cm³/mol. The number of esters is 1. The first-order valence-corrected chi connectivity index (χ1v) is 22.0. The molecule has 65 heavy (non-hydrogen) atoms. The Labute approximate surface area is 409 Å². The van der Waals surface area contributed by atoms with Gasteiger partial charge in [0.25, 0.3) is 0 Å². The van der Waals surface area contributed by atoms with Gasteiger partial charge in [-0.25, -0.2) is 4.79 Å². The van der Waals surface area contributed by atoms with E-state index >= 15 is 0 Å². The minimum atomic E-state index is -0.563. The fourth-order valence-corrected chi connectivity index (χ4v) is 6.90. The number of rotatable bonds is 12. The van der Waals surface area contributed by atoms with Gasteiger partial charge in [0, 0.05) is 30.4 Å². The molecule has 334 valence electrons. The van der Waals surface area contributed by atoms with Crippen molar-refractivity contribution >= 4 is 11.7 Å².